The molecule has 0 radical (unpaired) electrons. The van der Waals surface area contributed by atoms with Crippen LogP contribution in [0.2, 0.25) is 0 Å². The highest BCUT2D eigenvalue weighted by Crippen LogP contribution is 2.26. The van der Waals surface area contributed by atoms with Crippen LogP contribution in [0.5, 0.6) is 0 Å². The molecule has 0 saturated heterocycles. The second-order valence-corrected chi connectivity index (χ2v) is 5.59. The van der Waals surface area contributed by atoms with E-state index in [1.165, 1.54) is 0 Å². The number of aromatic nitrogens is 1. The lowest BCUT2D eigenvalue weighted by molar-refractivity contribution is -0.143. The number of carboxylic acid groups (broad SMARTS) is 1. The summed E-state index contributed by atoms with van der Waals surface area (Å²) in [5, 5.41) is 13.0. The Morgan fingerprint density at radius 1 is 1.33 bits per heavy atom. The number of benzene rings is 1. The topological polar surface area (TPSA) is 82.2 Å². The van der Waals surface area contributed by atoms with Gasteiger partial charge in [-0.2, -0.15) is 0 Å². The molecule has 1 aromatic carbocycles. The van der Waals surface area contributed by atoms with Crippen LogP contribution >= 0.6 is 0 Å². The number of H-pyrrole nitrogens is 1. The molecule has 1 saturated carbocycles. The summed E-state index contributed by atoms with van der Waals surface area (Å²) in [6.45, 7) is 0. The van der Waals surface area contributed by atoms with Gasteiger partial charge in [-0.05, 0) is 24.5 Å². The first-order valence-corrected chi connectivity index (χ1v) is 7.23. The molecular formula is C16H18N2O3. The molecule has 1 fully saturated rings. The van der Waals surface area contributed by atoms with Gasteiger partial charge in [0.1, 0.15) is 6.04 Å². The van der Waals surface area contributed by atoms with Crippen LogP contribution in [0.4, 0.5) is 0 Å². The highest BCUT2D eigenvalue weighted by molar-refractivity contribution is 5.87. The van der Waals surface area contributed by atoms with E-state index >= 15 is 0 Å². The summed E-state index contributed by atoms with van der Waals surface area (Å²) < 4.78 is 0. The number of hydrogen-bond acceptors (Lipinski definition) is 2. The van der Waals surface area contributed by atoms with Crippen LogP contribution in [0.25, 0.3) is 10.9 Å². The number of fused-ring (bicyclic) bond motifs is 1. The Balaban J connectivity index is 1.75. The summed E-state index contributed by atoms with van der Waals surface area (Å²) in [7, 11) is 0. The summed E-state index contributed by atoms with van der Waals surface area (Å²) in [6, 6.07) is 6.87. The molecule has 1 aromatic heterocycles. The van der Waals surface area contributed by atoms with Crippen molar-refractivity contribution in [2.24, 2.45) is 5.92 Å². The summed E-state index contributed by atoms with van der Waals surface area (Å²) in [5.41, 5.74) is 1.88. The lowest BCUT2D eigenvalue weighted by Crippen LogP contribution is -2.46. The smallest absolute Gasteiger partial charge is 0.326 e. The van der Waals surface area contributed by atoms with Gasteiger partial charge < -0.3 is 15.4 Å². The molecule has 0 spiro atoms. The van der Waals surface area contributed by atoms with Gasteiger partial charge in [0, 0.05) is 29.4 Å². The zero-order chi connectivity index (χ0) is 14.8. The van der Waals surface area contributed by atoms with Gasteiger partial charge in [0.15, 0.2) is 0 Å². The maximum atomic E-state index is 12.0. The van der Waals surface area contributed by atoms with E-state index in [4.69, 9.17) is 0 Å². The van der Waals surface area contributed by atoms with Crippen LogP contribution in [-0.2, 0) is 16.0 Å². The van der Waals surface area contributed by atoms with Crippen LogP contribution in [-0.4, -0.2) is 28.0 Å². The zero-order valence-corrected chi connectivity index (χ0v) is 11.6. The molecular weight excluding hydrogens is 268 g/mol. The van der Waals surface area contributed by atoms with Crippen LogP contribution in [0.1, 0.15) is 24.8 Å². The molecule has 1 amide bonds. The predicted molar refractivity (Wildman–Crippen MR) is 78.9 cm³/mol. The number of carbonyl (C=O) groups is 2. The number of nitrogens with one attached hydrogen (secondary N) is 2. The fourth-order valence-corrected chi connectivity index (χ4v) is 2.68. The van der Waals surface area contributed by atoms with Gasteiger partial charge in [-0.15, -0.1) is 0 Å². The van der Waals surface area contributed by atoms with Crippen LogP contribution < -0.4 is 5.32 Å². The van der Waals surface area contributed by atoms with Gasteiger partial charge >= 0.3 is 5.97 Å². The Bertz CT molecular complexity index is 673. The molecule has 3 N–H and O–H groups in total. The van der Waals surface area contributed by atoms with Crippen molar-refractivity contribution in [1.29, 1.82) is 0 Å². The molecule has 5 nitrogen and oxygen atoms in total. The van der Waals surface area contributed by atoms with E-state index in [0.717, 1.165) is 35.7 Å². The summed E-state index contributed by atoms with van der Waals surface area (Å²) >= 11 is 0. The first-order chi connectivity index (χ1) is 10.1. The molecule has 1 aliphatic carbocycles. The summed E-state index contributed by atoms with van der Waals surface area (Å²) in [4.78, 5) is 26.5. The van der Waals surface area contributed by atoms with Crippen molar-refractivity contribution < 1.29 is 14.7 Å². The third-order valence-electron chi connectivity index (χ3n) is 4.19. The van der Waals surface area contributed by atoms with Crippen molar-refractivity contribution >= 4 is 22.8 Å². The first kappa shape index (κ1) is 13.7. The maximum absolute atomic E-state index is 12.0. The van der Waals surface area contributed by atoms with E-state index in [1.807, 2.05) is 30.5 Å². The SMILES string of the molecule is O=C(NC(Cc1c[nH]c2ccccc12)C(=O)O)C1CCC1. The van der Waals surface area contributed by atoms with E-state index in [0.29, 0.717) is 0 Å². The highest BCUT2D eigenvalue weighted by atomic mass is 16.4. The van der Waals surface area contributed by atoms with Gasteiger partial charge in [-0.1, -0.05) is 24.6 Å². The number of carboxylic acids is 1. The maximum Gasteiger partial charge on any atom is 0.326 e. The zero-order valence-electron chi connectivity index (χ0n) is 11.6. The third kappa shape index (κ3) is 2.77. The van der Waals surface area contributed by atoms with Crippen molar-refractivity contribution in [3.63, 3.8) is 0 Å². The number of carbonyl (C=O) groups excluding carboxylic acids is 1. The van der Waals surface area contributed by atoms with Crippen LogP contribution in [0.3, 0.4) is 0 Å². The second kappa shape index (κ2) is 5.60. The van der Waals surface area contributed by atoms with E-state index in [2.05, 4.69) is 10.3 Å². The monoisotopic (exact) mass is 286 g/mol. The van der Waals surface area contributed by atoms with Gasteiger partial charge in [-0.25, -0.2) is 4.79 Å². The molecule has 5 heteroatoms. The molecule has 0 aliphatic heterocycles. The fourth-order valence-electron chi connectivity index (χ4n) is 2.68. The Hall–Kier alpha value is -2.30. The Morgan fingerprint density at radius 3 is 2.76 bits per heavy atom. The average molecular weight is 286 g/mol. The van der Waals surface area contributed by atoms with Crippen molar-refractivity contribution in [3.05, 3.63) is 36.0 Å². The van der Waals surface area contributed by atoms with E-state index in [-0.39, 0.29) is 18.2 Å². The number of rotatable bonds is 5. The summed E-state index contributed by atoms with van der Waals surface area (Å²) in [6.07, 6.45) is 4.89. The standard InChI is InChI=1S/C16H18N2O3/c19-15(10-4-3-5-10)18-14(16(20)21)8-11-9-17-13-7-2-1-6-12(11)13/h1-2,6-7,9-10,14,17H,3-5,8H2,(H,18,19)(H,20,21). The third-order valence-corrected chi connectivity index (χ3v) is 4.19. The van der Waals surface area contributed by atoms with E-state index < -0.39 is 12.0 Å². The first-order valence-electron chi connectivity index (χ1n) is 7.23. The molecule has 1 aliphatic rings. The van der Waals surface area contributed by atoms with Crippen LogP contribution in [0.15, 0.2) is 30.5 Å². The lowest BCUT2D eigenvalue weighted by Gasteiger charge is -2.26. The molecule has 1 unspecified atom stereocenters. The second-order valence-electron chi connectivity index (χ2n) is 5.59. The molecule has 1 heterocycles. The molecule has 21 heavy (non-hydrogen) atoms. The predicted octanol–water partition coefficient (Wildman–Crippen LogP) is 2.08. The number of hydrogen-bond donors (Lipinski definition) is 3. The molecule has 1 atom stereocenters. The molecule has 2 aromatic rings. The van der Waals surface area contributed by atoms with Gasteiger partial charge in [0.05, 0.1) is 0 Å². The Labute approximate surface area is 122 Å². The highest BCUT2D eigenvalue weighted by Gasteiger charge is 2.29. The average Bonchev–Trinajstić information content (AvgIpc) is 2.79. The minimum absolute atomic E-state index is 0.00480. The van der Waals surface area contributed by atoms with Crippen molar-refractivity contribution in [2.45, 2.75) is 31.7 Å². The number of para-hydroxylation sites is 1. The Kier molecular flexibility index (Phi) is 3.64. The van der Waals surface area contributed by atoms with E-state index in [1.54, 1.807) is 0 Å². The molecule has 3 rings (SSSR count). The minimum Gasteiger partial charge on any atom is -0.480 e. The molecule has 0 bridgehead atoms. The van der Waals surface area contributed by atoms with Crippen LogP contribution in [0, 0.1) is 5.92 Å². The number of aliphatic carboxylic acids is 1. The normalized spacial score (nSPS) is 16.4. The Morgan fingerprint density at radius 2 is 2.10 bits per heavy atom. The van der Waals surface area contributed by atoms with Gasteiger partial charge in [-0.3, -0.25) is 4.79 Å². The quantitative estimate of drug-likeness (QED) is 0.787. The number of aromatic amines is 1. The largest absolute Gasteiger partial charge is 0.480 e. The van der Waals surface area contributed by atoms with Crippen molar-refractivity contribution in [2.75, 3.05) is 0 Å². The minimum atomic E-state index is -0.993. The van der Waals surface area contributed by atoms with Crippen molar-refractivity contribution in [3.8, 4) is 0 Å². The van der Waals surface area contributed by atoms with E-state index in [9.17, 15) is 14.7 Å². The number of amides is 1. The molecule has 110 valence electrons. The fraction of sp³-hybridized carbons (Fsp3) is 0.375. The summed E-state index contributed by atoms with van der Waals surface area (Å²) in [5.74, 6) is -1.13. The van der Waals surface area contributed by atoms with Gasteiger partial charge in [0.2, 0.25) is 5.91 Å². The van der Waals surface area contributed by atoms with Gasteiger partial charge in [0.25, 0.3) is 0 Å². The lowest BCUT2D eigenvalue weighted by atomic mass is 9.84. The van der Waals surface area contributed by atoms with Crippen molar-refractivity contribution in [1.82, 2.24) is 10.3 Å².